The van der Waals surface area contributed by atoms with Crippen molar-refractivity contribution in [3.63, 3.8) is 0 Å². The molecule has 29 heavy (non-hydrogen) atoms. The smallest absolute Gasteiger partial charge is 0.194 e. The Hall–Kier alpha value is -2.54. The number of aliphatic imine (C=N–C) groups is 1. The largest absolute Gasteiger partial charge is 0.493 e. The summed E-state index contributed by atoms with van der Waals surface area (Å²) in [5.41, 5.74) is 2.17. The van der Waals surface area contributed by atoms with Gasteiger partial charge in [-0.05, 0) is 30.5 Å². The summed E-state index contributed by atoms with van der Waals surface area (Å²) >= 11 is 0. The maximum absolute atomic E-state index is 5.76. The van der Waals surface area contributed by atoms with Crippen molar-refractivity contribution in [3.05, 3.63) is 47.9 Å². The number of hydrogen-bond donors (Lipinski definition) is 1. The number of rotatable bonds is 8. The molecule has 1 aliphatic rings. The topological polar surface area (TPSA) is 66.1 Å². The van der Waals surface area contributed by atoms with Crippen LogP contribution >= 0.6 is 0 Å². The molecule has 0 unspecified atom stereocenters. The molecule has 0 radical (unpaired) electrons. The molecular formula is C22H33N5O2. The van der Waals surface area contributed by atoms with Gasteiger partial charge in [-0.1, -0.05) is 31.1 Å². The van der Waals surface area contributed by atoms with E-state index in [2.05, 4.69) is 53.2 Å². The lowest BCUT2D eigenvalue weighted by Crippen LogP contribution is -2.52. The predicted octanol–water partition coefficient (Wildman–Crippen LogP) is 2.99. The second-order valence-corrected chi connectivity index (χ2v) is 7.77. The molecule has 0 amide bonds. The molecule has 3 rings (SSSR count). The van der Waals surface area contributed by atoms with Gasteiger partial charge in [-0.2, -0.15) is 0 Å². The van der Waals surface area contributed by atoms with Gasteiger partial charge in [0.2, 0.25) is 0 Å². The lowest BCUT2D eigenvalue weighted by Gasteiger charge is -2.36. The zero-order chi connectivity index (χ0) is 20.5. The van der Waals surface area contributed by atoms with Gasteiger partial charge in [0.25, 0.3) is 0 Å². The number of nitrogens with one attached hydrogen (secondary N) is 1. The first-order chi connectivity index (χ1) is 14.1. The average Bonchev–Trinajstić information content (AvgIpc) is 3.24. The first-order valence-corrected chi connectivity index (χ1v) is 10.5. The number of benzene rings is 1. The molecule has 1 N–H and O–H groups in total. The summed E-state index contributed by atoms with van der Waals surface area (Å²) < 4.78 is 10.7. The van der Waals surface area contributed by atoms with Gasteiger partial charge in [0.1, 0.15) is 12.0 Å². The standard InChI is InChI=1S/C22H33N5O2/c1-4-23-22(24-15-19-5-7-21(8-6-19)28-17-18(2)3)27-12-10-26(11-13-27)16-20-9-14-29-25-20/h5-9,14,18H,4,10-13,15-17H2,1-3H3,(H,23,24). The summed E-state index contributed by atoms with van der Waals surface area (Å²) in [7, 11) is 0. The minimum absolute atomic E-state index is 0.526. The first-order valence-electron chi connectivity index (χ1n) is 10.5. The van der Waals surface area contributed by atoms with E-state index in [1.165, 1.54) is 5.56 Å². The normalized spacial score (nSPS) is 15.7. The second kappa shape index (κ2) is 10.9. The predicted molar refractivity (Wildman–Crippen MR) is 115 cm³/mol. The third kappa shape index (κ3) is 6.78. The lowest BCUT2D eigenvalue weighted by molar-refractivity contribution is 0.169. The molecule has 0 spiro atoms. The van der Waals surface area contributed by atoms with E-state index in [-0.39, 0.29) is 0 Å². The van der Waals surface area contributed by atoms with Crippen molar-refractivity contribution in [2.45, 2.75) is 33.9 Å². The number of guanidine groups is 1. The zero-order valence-electron chi connectivity index (χ0n) is 17.8. The molecule has 2 aromatic rings. The Kier molecular flexibility index (Phi) is 7.93. The molecule has 1 aliphatic heterocycles. The minimum atomic E-state index is 0.526. The summed E-state index contributed by atoms with van der Waals surface area (Å²) in [6, 6.07) is 10.2. The number of ether oxygens (including phenoxy) is 1. The van der Waals surface area contributed by atoms with Crippen LogP contribution in [-0.2, 0) is 13.1 Å². The van der Waals surface area contributed by atoms with Crippen LogP contribution in [0, 0.1) is 5.92 Å². The van der Waals surface area contributed by atoms with Gasteiger partial charge in [-0.25, -0.2) is 4.99 Å². The van der Waals surface area contributed by atoms with Crippen LogP contribution in [-0.4, -0.2) is 60.2 Å². The molecule has 2 heterocycles. The van der Waals surface area contributed by atoms with Crippen molar-refractivity contribution in [3.8, 4) is 5.75 Å². The second-order valence-electron chi connectivity index (χ2n) is 7.77. The fourth-order valence-corrected chi connectivity index (χ4v) is 3.21. The van der Waals surface area contributed by atoms with Gasteiger partial charge in [-0.3, -0.25) is 4.90 Å². The summed E-state index contributed by atoms with van der Waals surface area (Å²) in [5, 5.41) is 7.44. The Labute approximate surface area is 173 Å². The Balaban J connectivity index is 1.52. The van der Waals surface area contributed by atoms with Crippen molar-refractivity contribution >= 4 is 5.96 Å². The molecule has 0 aliphatic carbocycles. The van der Waals surface area contributed by atoms with E-state index in [1.54, 1.807) is 6.26 Å². The van der Waals surface area contributed by atoms with Gasteiger partial charge in [-0.15, -0.1) is 0 Å². The van der Waals surface area contributed by atoms with Crippen LogP contribution in [0.5, 0.6) is 5.75 Å². The van der Waals surface area contributed by atoms with Crippen LogP contribution < -0.4 is 10.1 Å². The van der Waals surface area contributed by atoms with Crippen molar-refractivity contribution in [2.24, 2.45) is 10.9 Å². The maximum atomic E-state index is 5.76. The van der Waals surface area contributed by atoms with E-state index in [9.17, 15) is 0 Å². The fraction of sp³-hybridized carbons (Fsp3) is 0.545. The van der Waals surface area contributed by atoms with Crippen molar-refractivity contribution in [2.75, 3.05) is 39.3 Å². The van der Waals surface area contributed by atoms with Crippen molar-refractivity contribution < 1.29 is 9.26 Å². The number of aromatic nitrogens is 1. The molecule has 0 saturated carbocycles. The molecule has 0 bridgehead atoms. The molecule has 1 aromatic heterocycles. The Morgan fingerprint density at radius 3 is 2.55 bits per heavy atom. The molecule has 7 heteroatoms. The van der Waals surface area contributed by atoms with Crippen molar-refractivity contribution in [1.29, 1.82) is 0 Å². The van der Waals surface area contributed by atoms with E-state index in [0.29, 0.717) is 12.5 Å². The molecule has 7 nitrogen and oxygen atoms in total. The monoisotopic (exact) mass is 399 g/mol. The van der Waals surface area contributed by atoms with E-state index < -0.39 is 0 Å². The van der Waals surface area contributed by atoms with Crippen LogP contribution in [0.2, 0.25) is 0 Å². The van der Waals surface area contributed by atoms with Gasteiger partial charge < -0.3 is 19.5 Å². The molecule has 158 valence electrons. The summed E-state index contributed by atoms with van der Waals surface area (Å²) in [4.78, 5) is 9.59. The van der Waals surface area contributed by atoms with Gasteiger partial charge in [0.15, 0.2) is 5.96 Å². The summed E-state index contributed by atoms with van der Waals surface area (Å²) in [6.07, 6.45) is 1.63. The highest BCUT2D eigenvalue weighted by molar-refractivity contribution is 5.80. The van der Waals surface area contributed by atoms with E-state index in [0.717, 1.165) is 63.3 Å². The van der Waals surface area contributed by atoms with E-state index >= 15 is 0 Å². The number of hydrogen-bond acceptors (Lipinski definition) is 5. The zero-order valence-corrected chi connectivity index (χ0v) is 17.8. The van der Waals surface area contributed by atoms with Crippen LogP contribution in [0.4, 0.5) is 0 Å². The summed E-state index contributed by atoms with van der Waals surface area (Å²) in [5.74, 6) is 2.42. The molecule has 1 saturated heterocycles. The van der Waals surface area contributed by atoms with Crippen LogP contribution in [0.15, 0.2) is 46.1 Å². The number of piperazine rings is 1. The van der Waals surface area contributed by atoms with Crippen LogP contribution in [0.25, 0.3) is 0 Å². The summed E-state index contributed by atoms with van der Waals surface area (Å²) in [6.45, 7) is 13.4. The SMILES string of the molecule is CCNC(=NCc1ccc(OCC(C)C)cc1)N1CCN(Cc2ccon2)CC1. The van der Waals surface area contributed by atoms with Gasteiger partial charge in [0.05, 0.1) is 18.8 Å². The van der Waals surface area contributed by atoms with Gasteiger partial charge in [0, 0.05) is 45.3 Å². The molecule has 1 fully saturated rings. The third-order valence-corrected chi connectivity index (χ3v) is 4.80. The van der Waals surface area contributed by atoms with Crippen molar-refractivity contribution in [1.82, 2.24) is 20.3 Å². The van der Waals surface area contributed by atoms with Crippen LogP contribution in [0.1, 0.15) is 32.0 Å². The maximum Gasteiger partial charge on any atom is 0.194 e. The minimum Gasteiger partial charge on any atom is -0.493 e. The highest BCUT2D eigenvalue weighted by Crippen LogP contribution is 2.14. The Bertz CT molecular complexity index is 735. The Morgan fingerprint density at radius 2 is 1.93 bits per heavy atom. The van der Waals surface area contributed by atoms with Gasteiger partial charge >= 0.3 is 0 Å². The molecule has 0 atom stereocenters. The average molecular weight is 400 g/mol. The lowest BCUT2D eigenvalue weighted by atomic mass is 10.2. The quantitative estimate of drug-likeness (QED) is 0.544. The highest BCUT2D eigenvalue weighted by atomic mass is 16.5. The first kappa shape index (κ1) is 21.2. The third-order valence-electron chi connectivity index (χ3n) is 4.80. The molecule has 1 aromatic carbocycles. The van der Waals surface area contributed by atoms with E-state index in [4.69, 9.17) is 14.3 Å². The fourth-order valence-electron chi connectivity index (χ4n) is 3.21. The molecular weight excluding hydrogens is 366 g/mol. The Morgan fingerprint density at radius 1 is 1.17 bits per heavy atom. The highest BCUT2D eigenvalue weighted by Gasteiger charge is 2.20. The number of nitrogens with zero attached hydrogens (tertiary/aromatic N) is 4. The van der Waals surface area contributed by atoms with E-state index in [1.807, 2.05) is 18.2 Å². The van der Waals surface area contributed by atoms with Crippen LogP contribution in [0.3, 0.4) is 0 Å².